The molecule has 0 spiro atoms. The molecule has 1 atom stereocenters. The number of nitrogens with zero attached hydrogens (tertiary/aromatic N) is 2. The van der Waals surface area contributed by atoms with E-state index < -0.39 is 0 Å². The molecule has 25 heavy (non-hydrogen) atoms. The summed E-state index contributed by atoms with van der Waals surface area (Å²) in [6, 6.07) is 16.2. The number of para-hydroxylation sites is 2. The van der Waals surface area contributed by atoms with Gasteiger partial charge in [0.15, 0.2) is 0 Å². The number of nitrogens with one attached hydrogen (secondary N) is 2. The fourth-order valence-corrected chi connectivity index (χ4v) is 3.53. The van der Waals surface area contributed by atoms with Gasteiger partial charge in [-0.3, -0.25) is 4.79 Å². The van der Waals surface area contributed by atoms with E-state index in [-0.39, 0.29) is 11.9 Å². The molecule has 0 saturated heterocycles. The lowest BCUT2D eigenvalue weighted by Crippen LogP contribution is -2.48. The summed E-state index contributed by atoms with van der Waals surface area (Å²) in [5.74, 6) is 1.04. The summed E-state index contributed by atoms with van der Waals surface area (Å²) < 4.78 is 2.15. The van der Waals surface area contributed by atoms with Crippen LogP contribution in [-0.2, 0) is 24.3 Å². The Labute approximate surface area is 147 Å². The van der Waals surface area contributed by atoms with Crippen molar-refractivity contribution in [3.63, 3.8) is 0 Å². The van der Waals surface area contributed by atoms with Crippen LogP contribution in [0.25, 0.3) is 11.0 Å². The summed E-state index contributed by atoms with van der Waals surface area (Å²) in [6.45, 7) is 4.07. The van der Waals surface area contributed by atoms with E-state index in [1.807, 2.05) is 37.3 Å². The highest BCUT2D eigenvalue weighted by Crippen LogP contribution is 2.17. The van der Waals surface area contributed by atoms with Crippen molar-refractivity contribution in [2.45, 2.75) is 32.5 Å². The lowest BCUT2D eigenvalue weighted by atomic mass is 9.95. The van der Waals surface area contributed by atoms with Crippen LogP contribution in [0.2, 0.25) is 0 Å². The lowest BCUT2D eigenvalue weighted by molar-refractivity contribution is -0.123. The molecule has 128 valence electrons. The molecule has 4 rings (SSSR count). The normalized spacial score (nSPS) is 16.6. The highest BCUT2D eigenvalue weighted by molar-refractivity contribution is 5.82. The lowest BCUT2D eigenvalue weighted by Gasteiger charge is -2.25. The van der Waals surface area contributed by atoms with Gasteiger partial charge in [-0.15, -0.1) is 0 Å². The number of imidazole rings is 1. The fourth-order valence-electron chi connectivity index (χ4n) is 3.53. The molecule has 1 aliphatic rings. The molecule has 0 fully saturated rings. The van der Waals surface area contributed by atoms with Crippen molar-refractivity contribution < 1.29 is 4.79 Å². The summed E-state index contributed by atoms with van der Waals surface area (Å²) in [5, 5.41) is 6.39. The van der Waals surface area contributed by atoms with E-state index in [1.165, 1.54) is 11.1 Å². The number of rotatable bonds is 4. The van der Waals surface area contributed by atoms with Gasteiger partial charge >= 0.3 is 0 Å². The highest BCUT2D eigenvalue weighted by Gasteiger charge is 2.23. The Balaban J connectivity index is 1.37. The number of aryl methyl sites for hydroxylation is 1. The van der Waals surface area contributed by atoms with E-state index in [0.29, 0.717) is 6.54 Å². The molecule has 0 bridgehead atoms. The number of amides is 1. The molecule has 2 heterocycles. The minimum atomic E-state index is -0.157. The molecule has 5 nitrogen and oxygen atoms in total. The maximum Gasteiger partial charge on any atom is 0.237 e. The maximum atomic E-state index is 12.5. The Morgan fingerprint density at radius 3 is 2.84 bits per heavy atom. The first-order valence-corrected chi connectivity index (χ1v) is 8.72. The van der Waals surface area contributed by atoms with Gasteiger partial charge in [-0.25, -0.2) is 4.98 Å². The van der Waals surface area contributed by atoms with Gasteiger partial charge in [0.25, 0.3) is 0 Å². The molecular weight excluding hydrogens is 312 g/mol. The molecule has 3 aromatic rings. The highest BCUT2D eigenvalue weighted by atomic mass is 16.2. The molecule has 1 aromatic heterocycles. The van der Waals surface area contributed by atoms with E-state index in [4.69, 9.17) is 0 Å². The van der Waals surface area contributed by atoms with Crippen molar-refractivity contribution in [1.29, 1.82) is 0 Å². The van der Waals surface area contributed by atoms with Crippen LogP contribution in [-0.4, -0.2) is 28.0 Å². The summed E-state index contributed by atoms with van der Waals surface area (Å²) >= 11 is 0. The molecular formula is C20H22N4O. The Morgan fingerprint density at radius 2 is 1.96 bits per heavy atom. The summed E-state index contributed by atoms with van der Waals surface area (Å²) in [4.78, 5) is 17.1. The number of hydrogen-bond donors (Lipinski definition) is 2. The van der Waals surface area contributed by atoms with Crippen molar-refractivity contribution in [2.75, 3.05) is 6.54 Å². The third-order valence-corrected chi connectivity index (χ3v) is 4.88. The zero-order valence-corrected chi connectivity index (χ0v) is 14.3. The Morgan fingerprint density at radius 1 is 1.20 bits per heavy atom. The van der Waals surface area contributed by atoms with Crippen LogP contribution >= 0.6 is 0 Å². The van der Waals surface area contributed by atoms with E-state index in [9.17, 15) is 4.79 Å². The summed E-state index contributed by atoms with van der Waals surface area (Å²) in [7, 11) is 0. The minimum absolute atomic E-state index is 0.0663. The zero-order chi connectivity index (χ0) is 17.2. The molecule has 1 amide bonds. The topological polar surface area (TPSA) is 59.0 Å². The second-order valence-electron chi connectivity index (χ2n) is 6.50. The molecule has 2 N–H and O–H groups in total. The second kappa shape index (κ2) is 6.69. The van der Waals surface area contributed by atoms with Gasteiger partial charge in [-0.2, -0.15) is 0 Å². The summed E-state index contributed by atoms with van der Waals surface area (Å²) in [6.07, 6.45) is 0.745. The van der Waals surface area contributed by atoms with Crippen molar-refractivity contribution in [1.82, 2.24) is 20.2 Å². The van der Waals surface area contributed by atoms with Crippen molar-refractivity contribution in [3.8, 4) is 0 Å². The van der Waals surface area contributed by atoms with Gasteiger partial charge in [-0.05, 0) is 36.6 Å². The number of aromatic nitrogens is 2. The van der Waals surface area contributed by atoms with Crippen LogP contribution in [0.4, 0.5) is 0 Å². The van der Waals surface area contributed by atoms with Gasteiger partial charge in [-0.1, -0.05) is 36.4 Å². The van der Waals surface area contributed by atoms with E-state index in [1.54, 1.807) is 0 Å². The van der Waals surface area contributed by atoms with Gasteiger partial charge in [0.05, 0.1) is 17.1 Å². The molecule has 0 radical (unpaired) electrons. The second-order valence-corrected chi connectivity index (χ2v) is 6.50. The Kier molecular flexibility index (Phi) is 4.24. The quantitative estimate of drug-likeness (QED) is 0.769. The zero-order valence-electron chi connectivity index (χ0n) is 14.3. The van der Waals surface area contributed by atoms with Crippen LogP contribution in [0.1, 0.15) is 17.0 Å². The maximum absolute atomic E-state index is 12.5. The average molecular weight is 334 g/mol. The van der Waals surface area contributed by atoms with Gasteiger partial charge in [0, 0.05) is 19.6 Å². The van der Waals surface area contributed by atoms with Gasteiger partial charge < -0.3 is 15.2 Å². The van der Waals surface area contributed by atoms with Crippen LogP contribution in [0.5, 0.6) is 0 Å². The molecule has 5 heteroatoms. The van der Waals surface area contributed by atoms with E-state index in [2.05, 4.69) is 38.4 Å². The number of benzene rings is 2. The Bertz CT molecular complexity index is 915. The van der Waals surface area contributed by atoms with Crippen molar-refractivity contribution in [2.24, 2.45) is 0 Å². The predicted octanol–water partition coefficient (Wildman–Crippen LogP) is 2.18. The molecule has 1 aliphatic heterocycles. The first-order valence-electron chi connectivity index (χ1n) is 8.72. The van der Waals surface area contributed by atoms with Gasteiger partial charge in [0.2, 0.25) is 5.91 Å². The Hall–Kier alpha value is -2.66. The largest absolute Gasteiger partial charge is 0.353 e. The van der Waals surface area contributed by atoms with Crippen molar-refractivity contribution in [3.05, 3.63) is 65.5 Å². The fraction of sp³-hybridized carbons (Fsp3) is 0.300. The van der Waals surface area contributed by atoms with Gasteiger partial charge in [0.1, 0.15) is 5.82 Å². The standard InChI is InChI=1S/C20H22N4O/c1-14-23-17-8-4-5-9-19(17)24(14)11-10-21-20(25)18-12-15-6-2-3-7-16(15)13-22-18/h2-9,18,22H,10-13H2,1H3,(H,21,25). The SMILES string of the molecule is Cc1nc2ccccc2n1CCNC(=O)C1Cc2ccccc2CN1. The number of carbonyl (C=O) groups excluding carboxylic acids is 1. The van der Waals surface area contributed by atoms with E-state index >= 15 is 0 Å². The van der Waals surface area contributed by atoms with Crippen LogP contribution in [0.15, 0.2) is 48.5 Å². The predicted molar refractivity (Wildman–Crippen MR) is 98.3 cm³/mol. The third-order valence-electron chi connectivity index (χ3n) is 4.88. The molecule has 1 unspecified atom stereocenters. The number of fused-ring (bicyclic) bond motifs is 2. The van der Waals surface area contributed by atoms with Crippen LogP contribution < -0.4 is 10.6 Å². The van der Waals surface area contributed by atoms with E-state index in [0.717, 1.165) is 36.4 Å². The average Bonchev–Trinajstić information content (AvgIpc) is 2.96. The first kappa shape index (κ1) is 15.8. The van der Waals surface area contributed by atoms with Crippen LogP contribution in [0, 0.1) is 6.92 Å². The molecule has 2 aromatic carbocycles. The first-order chi connectivity index (χ1) is 12.2. The number of carbonyl (C=O) groups is 1. The monoisotopic (exact) mass is 334 g/mol. The van der Waals surface area contributed by atoms with Crippen LogP contribution in [0.3, 0.4) is 0 Å². The number of hydrogen-bond acceptors (Lipinski definition) is 3. The molecule has 0 saturated carbocycles. The smallest absolute Gasteiger partial charge is 0.237 e. The summed E-state index contributed by atoms with van der Waals surface area (Å²) in [5.41, 5.74) is 4.65. The third kappa shape index (κ3) is 3.15. The minimum Gasteiger partial charge on any atom is -0.353 e. The van der Waals surface area contributed by atoms with Crippen molar-refractivity contribution >= 4 is 16.9 Å². The molecule has 0 aliphatic carbocycles.